The monoisotopic (exact) mass is 711 g/mol. The summed E-state index contributed by atoms with van der Waals surface area (Å²) in [6.07, 6.45) is -0.742. The van der Waals surface area contributed by atoms with Crippen LogP contribution in [0.15, 0.2) is 47.4 Å². The van der Waals surface area contributed by atoms with Crippen molar-refractivity contribution in [1.29, 1.82) is 0 Å². The van der Waals surface area contributed by atoms with E-state index in [0.29, 0.717) is 43.1 Å². The first-order valence-corrected chi connectivity index (χ1v) is 16.4. The molecule has 50 heavy (non-hydrogen) atoms. The molecule has 260 valence electrons. The lowest BCUT2D eigenvalue weighted by molar-refractivity contribution is -0.137. The molecule has 1 saturated heterocycles. The minimum Gasteiger partial charge on any atom is -0.505 e. The third-order valence-electron chi connectivity index (χ3n) is 9.83. The van der Waals surface area contributed by atoms with E-state index in [1.807, 2.05) is 6.08 Å². The molecule has 2 fully saturated rings. The van der Waals surface area contributed by atoms with Crippen molar-refractivity contribution in [3.63, 3.8) is 0 Å². The van der Waals surface area contributed by atoms with Gasteiger partial charge in [-0.1, -0.05) is 17.7 Å². The van der Waals surface area contributed by atoms with Gasteiger partial charge in [-0.05, 0) is 62.1 Å². The van der Waals surface area contributed by atoms with Gasteiger partial charge in [0.2, 0.25) is 11.7 Å². The molecule has 4 atom stereocenters. The number of fused-ring (bicyclic) bond motifs is 5. The van der Waals surface area contributed by atoms with Crippen molar-refractivity contribution < 1.29 is 37.3 Å². The van der Waals surface area contributed by atoms with Gasteiger partial charge >= 0.3 is 6.18 Å². The van der Waals surface area contributed by atoms with Crippen molar-refractivity contribution in [2.24, 2.45) is 5.92 Å². The Hall–Kier alpha value is -4.80. The number of carbonyl (C=O) groups is 2. The number of nitrogens with zero attached hydrogens (tertiary/aromatic N) is 6. The number of rotatable bonds is 5. The average molecular weight is 712 g/mol. The minimum atomic E-state index is -4.62. The van der Waals surface area contributed by atoms with Gasteiger partial charge in [-0.25, -0.2) is 4.98 Å². The van der Waals surface area contributed by atoms with Crippen LogP contribution in [-0.4, -0.2) is 71.8 Å². The average Bonchev–Trinajstić information content (AvgIpc) is 3.68. The number of pyridine rings is 1. The number of nitrogens with one attached hydrogen (secondary N) is 1. The molecular weight excluding hydrogens is 683 g/mol. The van der Waals surface area contributed by atoms with Crippen LogP contribution in [0.25, 0.3) is 11.4 Å². The van der Waals surface area contributed by atoms with Crippen LogP contribution in [-0.2, 0) is 32.6 Å². The van der Waals surface area contributed by atoms with Crippen molar-refractivity contribution in [3.05, 3.63) is 86.3 Å². The molecule has 1 aromatic carbocycles. The van der Waals surface area contributed by atoms with Gasteiger partial charge in [-0.3, -0.25) is 14.4 Å². The molecule has 1 saturated carbocycles. The van der Waals surface area contributed by atoms with E-state index in [-0.39, 0.29) is 52.9 Å². The summed E-state index contributed by atoms with van der Waals surface area (Å²) >= 11 is 6.13. The Labute approximate surface area is 286 Å². The molecule has 2 amide bonds. The molecule has 6 heterocycles. The van der Waals surface area contributed by atoms with Crippen molar-refractivity contribution in [1.82, 2.24) is 29.0 Å². The Morgan fingerprint density at radius 2 is 2.06 bits per heavy atom. The number of benzene rings is 1. The first-order chi connectivity index (χ1) is 23.9. The molecule has 1 aliphatic carbocycles. The fraction of sp³-hybridized carbons (Fsp3) is 0.394. The standard InChI is InChI=1S/C33H29ClF3N7O6/c1-16-27-25(32(50-16)8-10-42(22-14-19(22)32)30(48)26-23(45)3-2-9-38-26)29(47)44-31(40-28(41-44)17-6-11-49-12-7-17)43(27)15-24(46)39-21-5-4-18(13-20(21)34)33(35,36)37/h2-6,9,13,16,19,22,45H,7-8,10-12,14-15H2,1H3,(H,39,46). The molecule has 3 aromatic heterocycles. The van der Waals surface area contributed by atoms with E-state index in [1.54, 1.807) is 16.4 Å². The zero-order valence-corrected chi connectivity index (χ0v) is 27.2. The van der Waals surface area contributed by atoms with Crippen LogP contribution in [0, 0.1) is 5.92 Å². The number of alkyl halides is 3. The molecule has 4 aromatic rings. The number of anilines is 1. The van der Waals surface area contributed by atoms with Crippen LogP contribution in [0.2, 0.25) is 5.02 Å². The molecule has 0 bridgehead atoms. The van der Waals surface area contributed by atoms with Crippen LogP contribution in [0.1, 0.15) is 65.4 Å². The number of halogens is 4. The highest BCUT2D eigenvalue weighted by molar-refractivity contribution is 6.33. The Morgan fingerprint density at radius 1 is 1.24 bits per heavy atom. The Morgan fingerprint density at radius 3 is 2.78 bits per heavy atom. The summed E-state index contributed by atoms with van der Waals surface area (Å²) in [7, 11) is 0. The second-order valence-electron chi connectivity index (χ2n) is 12.8. The quantitative estimate of drug-likeness (QED) is 0.308. The van der Waals surface area contributed by atoms with Crippen molar-refractivity contribution >= 4 is 40.5 Å². The summed E-state index contributed by atoms with van der Waals surface area (Å²) in [5.41, 5.74) is -1.09. The lowest BCUT2D eigenvalue weighted by Crippen LogP contribution is -2.48. The molecule has 4 unspecified atom stereocenters. The fourth-order valence-electron chi connectivity index (χ4n) is 7.54. The maximum Gasteiger partial charge on any atom is 0.416 e. The van der Waals surface area contributed by atoms with Crippen molar-refractivity contribution in [3.8, 4) is 5.75 Å². The van der Waals surface area contributed by atoms with Crippen LogP contribution in [0.3, 0.4) is 0 Å². The smallest absolute Gasteiger partial charge is 0.416 e. The van der Waals surface area contributed by atoms with E-state index in [4.69, 9.17) is 21.1 Å². The number of carbonyl (C=O) groups excluding carboxylic acids is 2. The Kier molecular flexibility index (Phi) is 7.54. The largest absolute Gasteiger partial charge is 0.505 e. The zero-order chi connectivity index (χ0) is 35.1. The SMILES string of the molecule is CC1OC2(CCN(C(=O)c3ncccc3O)C3CC32)c2c1n(CC(=O)Nc1ccc(C(F)(F)F)cc1Cl)c1nc(C3=CCOCC3)nn1c2=O. The molecule has 4 aliphatic rings. The van der Waals surface area contributed by atoms with E-state index in [9.17, 15) is 32.7 Å². The van der Waals surface area contributed by atoms with Crippen molar-refractivity contribution in [2.75, 3.05) is 25.1 Å². The number of aromatic nitrogens is 5. The number of ether oxygens (including phenoxy) is 2. The van der Waals surface area contributed by atoms with E-state index >= 15 is 0 Å². The first kappa shape index (κ1) is 32.4. The second-order valence-corrected chi connectivity index (χ2v) is 13.2. The lowest BCUT2D eigenvalue weighted by Gasteiger charge is -2.38. The van der Waals surface area contributed by atoms with E-state index in [0.717, 1.165) is 28.3 Å². The van der Waals surface area contributed by atoms with Crippen LogP contribution in [0.4, 0.5) is 18.9 Å². The van der Waals surface area contributed by atoms with E-state index in [2.05, 4.69) is 20.4 Å². The second kappa shape index (κ2) is 11.6. The third-order valence-corrected chi connectivity index (χ3v) is 10.1. The molecule has 17 heteroatoms. The number of hydrogen-bond acceptors (Lipinski definition) is 9. The molecular formula is C33H29ClF3N7O6. The first-order valence-electron chi connectivity index (χ1n) is 16.0. The minimum absolute atomic E-state index is 0.0227. The van der Waals surface area contributed by atoms with E-state index in [1.165, 1.54) is 18.3 Å². The van der Waals surface area contributed by atoms with Crippen LogP contribution >= 0.6 is 11.6 Å². The van der Waals surface area contributed by atoms with Gasteiger partial charge in [0.1, 0.15) is 17.9 Å². The molecule has 13 nitrogen and oxygen atoms in total. The number of likely N-dealkylation sites (tertiary alicyclic amines) is 1. The van der Waals surface area contributed by atoms with E-state index < -0.39 is 47.4 Å². The number of amides is 2. The maximum absolute atomic E-state index is 14.5. The van der Waals surface area contributed by atoms with Crippen LogP contribution < -0.4 is 10.9 Å². The number of piperidine rings is 1. The van der Waals surface area contributed by atoms with Gasteiger partial charge in [0, 0.05) is 24.7 Å². The highest BCUT2D eigenvalue weighted by Crippen LogP contribution is 2.61. The zero-order valence-electron chi connectivity index (χ0n) is 26.4. The summed E-state index contributed by atoms with van der Waals surface area (Å²) in [5.74, 6) is -1.17. The van der Waals surface area contributed by atoms with Gasteiger partial charge in [-0.15, -0.1) is 5.10 Å². The highest BCUT2D eigenvalue weighted by atomic mass is 35.5. The molecule has 2 N–H and O–H groups in total. The van der Waals surface area contributed by atoms with Crippen molar-refractivity contribution in [2.45, 2.75) is 56.7 Å². The predicted molar refractivity (Wildman–Crippen MR) is 170 cm³/mol. The number of aromatic hydroxyl groups is 1. The Bertz CT molecular complexity index is 2180. The molecule has 3 aliphatic heterocycles. The van der Waals surface area contributed by atoms with Gasteiger partial charge in [0.05, 0.1) is 46.8 Å². The summed E-state index contributed by atoms with van der Waals surface area (Å²) in [6.45, 7) is 2.38. The summed E-state index contributed by atoms with van der Waals surface area (Å²) in [5, 5.41) is 17.1. The van der Waals surface area contributed by atoms with Crippen LogP contribution in [0.5, 0.6) is 5.75 Å². The fourth-order valence-corrected chi connectivity index (χ4v) is 7.77. The topological polar surface area (TPSA) is 153 Å². The molecule has 1 spiro atoms. The molecule has 0 radical (unpaired) electrons. The summed E-state index contributed by atoms with van der Waals surface area (Å²) in [6, 6.07) is 5.27. The lowest BCUT2D eigenvalue weighted by atomic mass is 9.83. The highest BCUT2D eigenvalue weighted by Gasteiger charge is 2.65. The normalized spacial score (nSPS) is 24.2. The van der Waals surface area contributed by atoms with Gasteiger partial charge < -0.3 is 29.4 Å². The third kappa shape index (κ3) is 5.15. The predicted octanol–water partition coefficient (Wildman–Crippen LogP) is 4.33. The number of hydrogen-bond donors (Lipinski definition) is 2. The van der Waals surface area contributed by atoms with Gasteiger partial charge in [-0.2, -0.15) is 22.7 Å². The maximum atomic E-state index is 14.5. The Balaban J connectivity index is 1.19. The summed E-state index contributed by atoms with van der Waals surface area (Å²) < 4.78 is 54.5. The summed E-state index contributed by atoms with van der Waals surface area (Å²) in [4.78, 5) is 51.9. The molecule has 8 rings (SSSR count). The van der Waals surface area contributed by atoms with Gasteiger partial charge in [0.15, 0.2) is 11.5 Å². The van der Waals surface area contributed by atoms with Gasteiger partial charge in [0.25, 0.3) is 11.5 Å².